The predicted octanol–water partition coefficient (Wildman–Crippen LogP) is 16.2. The van der Waals surface area contributed by atoms with Crippen molar-refractivity contribution in [1.29, 1.82) is 0 Å². The van der Waals surface area contributed by atoms with Crippen molar-refractivity contribution in [3.05, 3.63) is 342 Å². The highest BCUT2D eigenvalue weighted by Crippen LogP contribution is 2.51. The molecular formula is C96H104N5O17P. The van der Waals surface area contributed by atoms with Crippen molar-refractivity contribution in [3.63, 3.8) is 0 Å². The molecule has 3 aliphatic heterocycles. The van der Waals surface area contributed by atoms with Gasteiger partial charge in [0, 0.05) is 66.1 Å². The number of hydrogen-bond acceptors (Lipinski definition) is 18. The van der Waals surface area contributed by atoms with Gasteiger partial charge in [0.15, 0.2) is 0 Å². The summed E-state index contributed by atoms with van der Waals surface area (Å²) in [4.78, 5) is 43.6. The minimum Gasteiger partial charge on any atom is -0.497 e. The van der Waals surface area contributed by atoms with Crippen molar-refractivity contribution in [1.82, 2.24) is 18.4 Å². The minimum absolute atomic E-state index is 0.119. The number of benzene rings is 9. The molecule has 3 aliphatic rings. The Balaban J connectivity index is 0.000000170. The second-order valence-corrected chi connectivity index (χ2v) is 32.0. The first-order chi connectivity index (χ1) is 57.6. The molecule has 23 heteroatoms. The molecule has 0 spiro atoms. The molecule has 0 bridgehead atoms. The third-order valence-electron chi connectivity index (χ3n) is 22.1. The number of ether oxygens (including phenoxy) is 9. The average molecular weight is 1630 g/mol. The van der Waals surface area contributed by atoms with Gasteiger partial charge in [0.25, 0.3) is 25.2 Å². The van der Waals surface area contributed by atoms with Gasteiger partial charge in [0.05, 0.1) is 66.6 Å². The van der Waals surface area contributed by atoms with Crippen LogP contribution in [0.3, 0.4) is 0 Å². The first-order valence-corrected chi connectivity index (χ1v) is 41.2. The van der Waals surface area contributed by atoms with E-state index in [9.17, 15) is 24.6 Å². The molecule has 3 aromatic heterocycles. The van der Waals surface area contributed by atoms with E-state index in [1.807, 2.05) is 239 Å². The summed E-state index contributed by atoms with van der Waals surface area (Å²) in [6, 6.07) is 74.9. The summed E-state index contributed by atoms with van der Waals surface area (Å²) in [7, 11) is 5.00. The molecule has 620 valence electrons. The molecule has 3 fully saturated rings. The van der Waals surface area contributed by atoms with E-state index in [2.05, 4.69) is 49.3 Å². The van der Waals surface area contributed by atoms with E-state index >= 15 is 0 Å². The van der Waals surface area contributed by atoms with E-state index in [-0.39, 0.29) is 61.7 Å². The van der Waals surface area contributed by atoms with Gasteiger partial charge in [-0.3, -0.25) is 28.1 Å². The third-order valence-corrected chi connectivity index (χ3v) is 24.2. The van der Waals surface area contributed by atoms with Gasteiger partial charge in [-0.2, -0.15) is 0 Å². The zero-order valence-electron chi connectivity index (χ0n) is 68.9. The monoisotopic (exact) mass is 1630 g/mol. The second-order valence-electron chi connectivity index (χ2n) is 30.5. The molecule has 119 heavy (non-hydrogen) atoms. The van der Waals surface area contributed by atoms with E-state index in [1.54, 1.807) is 56.0 Å². The van der Waals surface area contributed by atoms with Crippen LogP contribution in [0.15, 0.2) is 263 Å². The lowest BCUT2D eigenvalue weighted by Crippen LogP contribution is -2.41. The Morgan fingerprint density at radius 1 is 0.445 bits per heavy atom. The first kappa shape index (κ1) is 86.1. The summed E-state index contributed by atoms with van der Waals surface area (Å²) in [6.45, 7) is 21.8. The van der Waals surface area contributed by atoms with E-state index in [4.69, 9.17) is 63.4 Å². The molecule has 6 heterocycles. The average Bonchev–Trinajstić information content (AvgIpc) is 1.69. The van der Waals surface area contributed by atoms with Crippen molar-refractivity contribution in [2.75, 3.05) is 61.4 Å². The smallest absolute Gasteiger partial charge is 0.260 e. The summed E-state index contributed by atoms with van der Waals surface area (Å²) in [6.07, 6.45) is 0.737. The summed E-state index contributed by atoms with van der Waals surface area (Å²) >= 11 is 0. The Kier molecular flexibility index (Phi) is 28.2. The van der Waals surface area contributed by atoms with Gasteiger partial charge >= 0.3 is 0 Å². The Morgan fingerprint density at radius 2 is 0.773 bits per heavy atom. The van der Waals surface area contributed by atoms with E-state index in [0.29, 0.717) is 35.4 Å². The molecule has 3 saturated heterocycles. The van der Waals surface area contributed by atoms with Crippen LogP contribution in [0, 0.1) is 27.3 Å². The molecule has 0 radical (unpaired) electrons. The summed E-state index contributed by atoms with van der Waals surface area (Å²) in [5, 5.41) is 33.9. The Labute approximate surface area is 694 Å². The number of aromatic nitrogens is 3. The second kappa shape index (κ2) is 39.0. The Morgan fingerprint density at radius 3 is 1.10 bits per heavy atom. The first-order valence-electron chi connectivity index (χ1n) is 40.1. The quantitative estimate of drug-likeness (QED) is 0.0179. The number of pyridine rings is 3. The van der Waals surface area contributed by atoms with E-state index in [0.717, 1.165) is 89.2 Å². The lowest BCUT2D eigenvalue weighted by molar-refractivity contribution is -0.0993. The maximum Gasteiger partial charge on any atom is 0.260 e. The molecule has 0 saturated carbocycles. The van der Waals surface area contributed by atoms with Crippen molar-refractivity contribution in [3.8, 4) is 23.0 Å². The molecule has 15 rings (SSSR count). The standard InChI is InChI=1S/C45H52N3O7P.C36H35NO6.C15H17NO4/c1-31(2)48(32(3)4)56(52-27-25-46-6)53-30-42-41(29-43(54-42)47-26-24-34-28-33(5)14-23-40(34)44(47)49)55-45(35-12-10-9-11-13-35,36-15-19-38(50-7)20-16-36)37-17-21-39(51-8)22-18-37;1-24-9-18-31-25(21-24)19-20-37(35(31)39)34-22-32(33(23-38)42-34)43-36(26-7-5-4-6-8-26,27-10-14-29(40-2)15-11-27)28-12-16-30(41-3)17-13-28;1-9-2-3-11-10(6-9)4-5-16(15(11)19)14-7-12(18)13(8-17)20-14/h9-24,26,28,31-32,41-43H,25,27,29-30H2,1-5,7-8H3;4-21,32-34,38H,22-23H2,1-3H3;2-6,12-14,17-18H,7-8H2,1H3/t41-,42+,43+,56?;32-,33+,34+;12-,13-,14-/m001/s1. The summed E-state index contributed by atoms with van der Waals surface area (Å²) in [5.74, 6) is 2.89. The zero-order valence-corrected chi connectivity index (χ0v) is 69.8. The fourth-order valence-electron chi connectivity index (χ4n) is 16.1. The van der Waals surface area contributed by atoms with Crippen LogP contribution in [0.2, 0.25) is 0 Å². The maximum atomic E-state index is 14.1. The van der Waals surface area contributed by atoms with Gasteiger partial charge in [0.1, 0.15) is 77.8 Å². The highest BCUT2D eigenvalue weighted by atomic mass is 31.2. The molecule has 22 nitrogen and oxygen atoms in total. The number of methoxy groups -OCH3 is 4. The lowest BCUT2D eigenvalue weighted by Gasteiger charge is -2.39. The summed E-state index contributed by atoms with van der Waals surface area (Å²) < 4.78 is 75.6. The van der Waals surface area contributed by atoms with Gasteiger partial charge < -0.3 is 71.8 Å². The number of aliphatic hydroxyl groups excluding tert-OH is 3. The fraction of sp³-hybridized carbons (Fsp3) is 0.333. The number of fused-ring (bicyclic) bond motifs is 3. The third kappa shape index (κ3) is 18.8. The van der Waals surface area contributed by atoms with Crippen molar-refractivity contribution in [2.24, 2.45) is 0 Å². The fourth-order valence-corrected chi connectivity index (χ4v) is 17.7. The molecule has 12 aromatic rings. The van der Waals surface area contributed by atoms with Gasteiger partial charge in [-0.05, 0) is 183 Å². The zero-order chi connectivity index (χ0) is 84.1. The van der Waals surface area contributed by atoms with E-state index < -0.39 is 75.0 Å². The van der Waals surface area contributed by atoms with Crippen molar-refractivity contribution >= 4 is 40.8 Å². The van der Waals surface area contributed by atoms with Crippen LogP contribution in [0.5, 0.6) is 23.0 Å². The Bertz CT molecular complexity index is 5510. The van der Waals surface area contributed by atoms with Crippen LogP contribution in [-0.2, 0) is 43.9 Å². The molecule has 0 aliphatic carbocycles. The van der Waals surface area contributed by atoms with Crippen LogP contribution in [-0.4, -0.2) is 144 Å². The number of nitrogens with zero attached hydrogens (tertiary/aromatic N) is 5. The SMILES string of the molecule is COc1ccc(C(O[C@H]2C[C@H](n3ccc4cc(C)ccc4c3=O)O[C@@H]2CO)(c2ccccc2)c2ccc(OC)cc2)cc1.Cc1ccc2c(=O)n([C@H]3C[C@@H](O)[C@@H](CO)O3)ccc2c1.[C-]#[N+]CCOP(OC[C@H]1O[C@@H](n2ccc3cc(C)ccc3c2=O)C[C@@H]1OC(c1ccccc1)(c1ccc(OC)cc1)c1ccc(OC)cc1)N(C(C)C)C(C)C. The maximum absolute atomic E-state index is 14.1. The van der Waals surface area contributed by atoms with Gasteiger partial charge in [-0.25, -0.2) is 11.2 Å². The number of aliphatic hydroxyl groups is 3. The largest absolute Gasteiger partial charge is 0.497 e. The molecule has 1 unspecified atom stereocenters. The van der Waals surface area contributed by atoms with Crippen LogP contribution in [0.4, 0.5) is 0 Å². The molecular weight excluding hydrogens is 1530 g/mol. The van der Waals surface area contributed by atoms with Crippen LogP contribution in [0.25, 0.3) is 37.2 Å². The molecule has 10 atom stereocenters. The number of aryl methyl sites for hydroxylation is 3. The van der Waals surface area contributed by atoms with Crippen molar-refractivity contribution in [2.45, 2.75) is 146 Å². The van der Waals surface area contributed by atoms with E-state index in [1.165, 1.54) is 4.57 Å². The van der Waals surface area contributed by atoms with Gasteiger partial charge in [-0.1, -0.05) is 162 Å². The number of hydrogen-bond donors (Lipinski definition) is 3. The molecule has 3 N–H and O–H groups in total. The van der Waals surface area contributed by atoms with Gasteiger partial charge in [0.2, 0.25) is 6.54 Å². The highest BCUT2D eigenvalue weighted by molar-refractivity contribution is 7.44. The summed E-state index contributed by atoms with van der Waals surface area (Å²) in [5.41, 5.74) is 5.97. The van der Waals surface area contributed by atoms with Crippen LogP contribution >= 0.6 is 8.53 Å². The lowest BCUT2D eigenvalue weighted by atomic mass is 9.79. The molecule has 9 aromatic carbocycles. The normalized spacial score (nSPS) is 19.5. The van der Waals surface area contributed by atoms with Crippen LogP contribution in [0.1, 0.15) is 116 Å². The van der Waals surface area contributed by atoms with Crippen LogP contribution < -0.4 is 35.6 Å². The van der Waals surface area contributed by atoms with Crippen molar-refractivity contribution < 1.29 is 67.0 Å². The minimum atomic E-state index is -1.57. The topological polar surface area (TPSA) is 236 Å². The number of rotatable bonds is 28. The highest BCUT2D eigenvalue weighted by Gasteiger charge is 2.49. The molecule has 0 amide bonds. The predicted molar refractivity (Wildman–Crippen MR) is 461 cm³/mol. The Hall–Kier alpha value is -10.7. The van der Waals surface area contributed by atoms with Gasteiger partial charge in [-0.15, -0.1) is 0 Å².